The van der Waals surface area contributed by atoms with Gasteiger partial charge in [0, 0.05) is 16.7 Å². The van der Waals surface area contributed by atoms with Crippen LogP contribution in [0.1, 0.15) is 50.4 Å². The number of aryl methyl sites for hydroxylation is 4. The van der Waals surface area contributed by atoms with Crippen molar-refractivity contribution in [3.63, 3.8) is 0 Å². The molecule has 6 aromatic rings. The van der Waals surface area contributed by atoms with Gasteiger partial charge in [-0.2, -0.15) is 5.26 Å². The fourth-order valence-corrected chi connectivity index (χ4v) is 6.52. The molecule has 0 spiro atoms. The molecule has 3 nitrogen and oxygen atoms in total. The van der Waals surface area contributed by atoms with Gasteiger partial charge in [-0.15, -0.1) is 0 Å². The normalized spacial score (nSPS) is 12.3. The average molecular weight is 514 g/mol. The van der Waals surface area contributed by atoms with Crippen molar-refractivity contribution in [2.24, 2.45) is 0 Å². The van der Waals surface area contributed by atoms with E-state index < -0.39 is 0 Å². The van der Waals surface area contributed by atoms with Crippen molar-refractivity contribution in [1.82, 2.24) is 4.57 Å². The minimum atomic E-state index is -0.0839. The standard InChI is InChI=1S/C37H27N3/c1-21-6-10-26-28(14-21)29-15-22(2)7-11-27(29)37(26)32-19-36(25(20-38)18-33(32)39-5)40-34-12-8-23(3)16-30(34)31-17-24(4)9-13-35(31)40/h6-19,37H,1-4H3. The largest absolute Gasteiger partial charge is 0.308 e. The van der Waals surface area contributed by atoms with Crippen LogP contribution < -0.4 is 0 Å². The van der Waals surface area contributed by atoms with Gasteiger partial charge in [0.25, 0.3) is 0 Å². The Morgan fingerprint density at radius 1 is 0.650 bits per heavy atom. The molecule has 0 atom stereocenters. The summed E-state index contributed by atoms with van der Waals surface area (Å²) in [6, 6.07) is 32.6. The molecule has 0 amide bonds. The Hall–Kier alpha value is -5.12. The van der Waals surface area contributed by atoms with E-state index in [1.807, 2.05) is 0 Å². The highest BCUT2D eigenvalue weighted by Crippen LogP contribution is 2.51. The lowest BCUT2D eigenvalue weighted by atomic mass is 9.86. The van der Waals surface area contributed by atoms with Gasteiger partial charge >= 0.3 is 0 Å². The van der Waals surface area contributed by atoms with Crippen LogP contribution >= 0.6 is 0 Å². The third-order valence-corrected chi connectivity index (χ3v) is 8.34. The first kappa shape index (κ1) is 24.0. The van der Waals surface area contributed by atoms with Crippen molar-refractivity contribution in [1.29, 1.82) is 5.26 Å². The van der Waals surface area contributed by atoms with Gasteiger partial charge in [0.2, 0.25) is 0 Å². The number of nitrogens with zero attached hydrogens (tertiary/aromatic N) is 3. The highest BCUT2D eigenvalue weighted by atomic mass is 15.0. The minimum Gasteiger partial charge on any atom is -0.308 e. The summed E-state index contributed by atoms with van der Waals surface area (Å²) in [5, 5.41) is 12.7. The second kappa shape index (κ2) is 8.70. The van der Waals surface area contributed by atoms with Gasteiger partial charge in [-0.1, -0.05) is 70.8 Å². The van der Waals surface area contributed by atoms with Crippen LogP contribution in [0.25, 0.3) is 43.5 Å². The third-order valence-electron chi connectivity index (χ3n) is 8.34. The van der Waals surface area contributed by atoms with E-state index >= 15 is 0 Å². The third kappa shape index (κ3) is 3.42. The Bertz CT molecular complexity index is 2020. The van der Waals surface area contributed by atoms with E-state index in [2.05, 4.69) is 122 Å². The zero-order chi connectivity index (χ0) is 27.7. The monoisotopic (exact) mass is 513 g/mol. The van der Waals surface area contributed by atoms with E-state index in [0.29, 0.717) is 11.3 Å². The first-order chi connectivity index (χ1) is 19.4. The van der Waals surface area contributed by atoms with Gasteiger partial charge in [0.1, 0.15) is 0 Å². The number of nitriles is 1. The van der Waals surface area contributed by atoms with E-state index in [1.54, 1.807) is 6.07 Å². The zero-order valence-electron chi connectivity index (χ0n) is 23.0. The molecule has 190 valence electrons. The number of rotatable bonds is 2. The van der Waals surface area contributed by atoms with E-state index in [9.17, 15) is 5.26 Å². The fraction of sp³-hybridized carbons (Fsp3) is 0.135. The summed E-state index contributed by atoms with van der Waals surface area (Å²) in [6.45, 7) is 16.6. The van der Waals surface area contributed by atoms with Gasteiger partial charge in [-0.3, -0.25) is 0 Å². The zero-order valence-corrected chi connectivity index (χ0v) is 23.0. The molecule has 0 fully saturated rings. The Balaban J connectivity index is 1.58. The van der Waals surface area contributed by atoms with Crippen LogP contribution in [0.4, 0.5) is 5.69 Å². The predicted octanol–water partition coefficient (Wildman–Crippen LogP) is 9.60. The molecule has 1 aliphatic carbocycles. The van der Waals surface area contributed by atoms with Gasteiger partial charge < -0.3 is 4.57 Å². The van der Waals surface area contributed by atoms with Crippen molar-refractivity contribution in [2.75, 3.05) is 0 Å². The first-order valence-electron chi connectivity index (χ1n) is 13.6. The summed E-state index contributed by atoms with van der Waals surface area (Å²) in [6.07, 6.45) is 0. The number of hydrogen-bond donors (Lipinski definition) is 0. The molecule has 1 heterocycles. The summed E-state index contributed by atoms with van der Waals surface area (Å²) in [5.41, 5.74) is 14.6. The van der Waals surface area contributed by atoms with Crippen LogP contribution in [0.5, 0.6) is 0 Å². The Morgan fingerprint density at radius 2 is 1.15 bits per heavy atom. The molecule has 0 bridgehead atoms. The lowest BCUT2D eigenvalue weighted by Gasteiger charge is -2.20. The Morgan fingerprint density at radius 3 is 1.65 bits per heavy atom. The molecule has 0 unspecified atom stereocenters. The highest BCUT2D eigenvalue weighted by Gasteiger charge is 2.32. The second-order valence-corrected chi connectivity index (χ2v) is 11.1. The summed E-state index contributed by atoms with van der Waals surface area (Å²) >= 11 is 0. The van der Waals surface area contributed by atoms with Crippen LogP contribution in [-0.2, 0) is 0 Å². The maximum absolute atomic E-state index is 10.3. The molecule has 40 heavy (non-hydrogen) atoms. The maximum atomic E-state index is 10.3. The SMILES string of the molecule is [C-]#[N+]c1cc(C#N)c(-n2c3ccc(C)cc3c3cc(C)ccc32)cc1C1c2ccc(C)cc2-c2cc(C)ccc21. The Kier molecular flexibility index (Phi) is 5.21. The van der Waals surface area contributed by atoms with Crippen molar-refractivity contribution < 1.29 is 0 Å². The van der Waals surface area contributed by atoms with Crippen LogP contribution in [0.3, 0.4) is 0 Å². The van der Waals surface area contributed by atoms with Gasteiger partial charge in [0.15, 0.2) is 5.69 Å². The lowest BCUT2D eigenvalue weighted by molar-refractivity contribution is 1.01. The smallest absolute Gasteiger partial charge is 0.192 e. The molecule has 0 radical (unpaired) electrons. The quantitative estimate of drug-likeness (QED) is 0.212. The van der Waals surface area contributed by atoms with Crippen molar-refractivity contribution in [3.05, 3.63) is 141 Å². The number of aromatic nitrogens is 1. The second-order valence-electron chi connectivity index (χ2n) is 11.1. The number of benzene rings is 5. The molecule has 5 aromatic carbocycles. The first-order valence-corrected chi connectivity index (χ1v) is 13.6. The molecular formula is C37H27N3. The Labute approximate surface area is 234 Å². The van der Waals surface area contributed by atoms with Crippen LogP contribution in [0.2, 0.25) is 0 Å². The van der Waals surface area contributed by atoms with E-state index in [1.165, 1.54) is 55.3 Å². The molecule has 3 heteroatoms. The molecule has 0 N–H and O–H groups in total. The topological polar surface area (TPSA) is 33.1 Å². The van der Waals surface area contributed by atoms with Crippen LogP contribution in [0, 0.1) is 45.6 Å². The van der Waals surface area contributed by atoms with Crippen LogP contribution in [0.15, 0.2) is 84.9 Å². The molecule has 0 saturated carbocycles. The van der Waals surface area contributed by atoms with Gasteiger partial charge in [-0.05, 0) is 91.9 Å². The number of hydrogen-bond acceptors (Lipinski definition) is 1. The molecule has 1 aromatic heterocycles. The summed E-state index contributed by atoms with van der Waals surface area (Å²) in [7, 11) is 0. The van der Waals surface area contributed by atoms with E-state index in [0.717, 1.165) is 22.3 Å². The summed E-state index contributed by atoms with van der Waals surface area (Å²) in [4.78, 5) is 3.96. The van der Waals surface area contributed by atoms with E-state index in [4.69, 9.17) is 6.57 Å². The maximum Gasteiger partial charge on any atom is 0.192 e. The highest BCUT2D eigenvalue weighted by molar-refractivity contribution is 6.10. The summed E-state index contributed by atoms with van der Waals surface area (Å²) < 4.78 is 2.21. The van der Waals surface area contributed by atoms with Crippen LogP contribution in [-0.4, -0.2) is 4.57 Å². The van der Waals surface area contributed by atoms with Gasteiger partial charge in [-0.25, -0.2) is 4.85 Å². The van der Waals surface area contributed by atoms with E-state index in [-0.39, 0.29) is 5.92 Å². The average Bonchev–Trinajstić information content (AvgIpc) is 3.43. The minimum absolute atomic E-state index is 0.0839. The lowest BCUT2D eigenvalue weighted by Crippen LogP contribution is -2.04. The number of fused-ring (bicyclic) bond motifs is 6. The van der Waals surface area contributed by atoms with Crippen molar-refractivity contribution in [2.45, 2.75) is 33.6 Å². The fourth-order valence-electron chi connectivity index (χ4n) is 6.52. The molecule has 0 aliphatic heterocycles. The molecule has 1 aliphatic rings. The summed E-state index contributed by atoms with van der Waals surface area (Å²) in [5.74, 6) is -0.0839. The molecule has 7 rings (SSSR count). The van der Waals surface area contributed by atoms with Crippen molar-refractivity contribution in [3.8, 4) is 22.9 Å². The molecule has 0 saturated heterocycles. The predicted molar refractivity (Wildman–Crippen MR) is 164 cm³/mol. The molecular weight excluding hydrogens is 486 g/mol. The van der Waals surface area contributed by atoms with Crippen molar-refractivity contribution >= 4 is 27.5 Å². The van der Waals surface area contributed by atoms with Gasteiger partial charge in [0.05, 0.1) is 34.9 Å².